The molecular formula is C24H22F5N3O2. The smallest absolute Gasteiger partial charge is 0.364 e. The van der Waals surface area contributed by atoms with Crippen LogP contribution in [-0.2, 0) is 6.42 Å². The second kappa shape index (κ2) is 8.18. The van der Waals surface area contributed by atoms with Crippen molar-refractivity contribution in [3.8, 4) is 0 Å². The molecule has 180 valence electrons. The van der Waals surface area contributed by atoms with E-state index in [1.54, 1.807) is 6.92 Å². The molecule has 5 nitrogen and oxygen atoms in total. The molecule has 3 aromatic rings. The van der Waals surface area contributed by atoms with Crippen molar-refractivity contribution < 1.29 is 26.7 Å². The quantitative estimate of drug-likeness (QED) is 0.511. The maximum Gasteiger partial charge on any atom is 0.394 e. The average Bonchev–Trinajstić information content (AvgIpc) is 3.13. The van der Waals surface area contributed by atoms with Crippen LogP contribution in [0, 0.1) is 17.0 Å². The van der Waals surface area contributed by atoms with Gasteiger partial charge in [0.1, 0.15) is 5.69 Å². The summed E-state index contributed by atoms with van der Waals surface area (Å²) in [5.41, 5.74) is 3.04. The number of hydrogen-bond donors (Lipinski definition) is 2. The lowest BCUT2D eigenvalue weighted by Crippen LogP contribution is -2.32. The van der Waals surface area contributed by atoms with E-state index in [1.165, 1.54) is 18.3 Å². The Morgan fingerprint density at radius 3 is 2.50 bits per heavy atom. The predicted molar refractivity (Wildman–Crippen MR) is 115 cm³/mol. The van der Waals surface area contributed by atoms with Crippen molar-refractivity contribution in [1.82, 2.24) is 9.97 Å². The molecule has 2 heterocycles. The third-order valence-corrected chi connectivity index (χ3v) is 6.89. The van der Waals surface area contributed by atoms with Gasteiger partial charge in [-0.05, 0) is 48.4 Å². The summed E-state index contributed by atoms with van der Waals surface area (Å²) >= 11 is 0. The Kier molecular flexibility index (Phi) is 5.73. The molecule has 34 heavy (non-hydrogen) atoms. The van der Waals surface area contributed by atoms with Crippen LogP contribution in [0.5, 0.6) is 0 Å². The van der Waals surface area contributed by atoms with Crippen molar-refractivity contribution in [2.45, 2.75) is 51.1 Å². The van der Waals surface area contributed by atoms with E-state index in [2.05, 4.69) is 9.97 Å². The summed E-state index contributed by atoms with van der Waals surface area (Å²) in [6.45, 7) is 2.70. The zero-order chi connectivity index (χ0) is 25.0. The number of hydrogen-bond acceptors (Lipinski definition) is 3. The molecule has 0 spiro atoms. The van der Waals surface area contributed by atoms with Crippen LogP contribution < -0.4 is 11.2 Å². The number of aromatic amines is 1. The van der Waals surface area contributed by atoms with Gasteiger partial charge in [-0.3, -0.25) is 14.6 Å². The maximum absolute atomic E-state index is 14.6. The van der Waals surface area contributed by atoms with Crippen molar-refractivity contribution >= 4 is 16.8 Å². The molecule has 1 saturated carbocycles. The molecule has 1 aliphatic rings. The van der Waals surface area contributed by atoms with Crippen molar-refractivity contribution in [2.24, 2.45) is 11.1 Å². The number of alkyl halides is 3. The predicted octanol–water partition coefficient (Wildman–Crippen LogP) is 5.09. The first-order valence-electron chi connectivity index (χ1n) is 10.7. The second-order valence-corrected chi connectivity index (χ2v) is 9.00. The standard InChI is InChI=1S/C24H22F5N3O2/c1-3-11-12(4-5-15(25)20(11)26)13-9-23(2,24(27,28)29)10-14(13)17-8-18(33)19-16(32-17)6-7-31-21(19)22(30)34/h4-8,13-14H,3,9-10H2,1-2H3,(H2,30,34)(H,32,33)/t13-,14+,23+/m0/s1. The molecule has 0 radical (unpaired) electrons. The highest BCUT2D eigenvalue weighted by Gasteiger charge is 2.58. The number of carbonyl (C=O) groups excluding carboxylic acids is 1. The fourth-order valence-corrected chi connectivity index (χ4v) is 5.14. The third-order valence-electron chi connectivity index (χ3n) is 6.89. The molecular weight excluding hydrogens is 457 g/mol. The van der Waals surface area contributed by atoms with Gasteiger partial charge in [0.05, 0.1) is 16.3 Å². The first kappa shape index (κ1) is 23.8. The zero-order valence-electron chi connectivity index (χ0n) is 18.4. The van der Waals surface area contributed by atoms with E-state index >= 15 is 0 Å². The van der Waals surface area contributed by atoms with E-state index in [-0.39, 0.29) is 52.7 Å². The number of nitrogens with two attached hydrogens (primary N) is 1. The van der Waals surface area contributed by atoms with Crippen LogP contribution in [0.1, 0.15) is 65.8 Å². The van der Waals surface area contributed by atoms with Crippen LogP contribution >= 0.6 is 0 Å². The van der Waals surface area contributed by atoms with Gasteiger partial charge in [0.25, 0.3) is 5.91 Å². The number of nitrogens with zero attached hydrogens (tertiary/aromatic N) is 1. The summed E-state index contributed by atoms with van der Waals surface area (Å²) in [5, 5.41) is -0.0612. The summed E-state index contributed by atoms with van der Waals surface area (Å²) in [6, 6.07) is 4.81. The van der Waals surface area contributed by atoms with E-state index in [4.69, 9.17) is 5.73 Å². The van der Waals surface area contributed by atoms with Crippen molar-refractivity contribution in [2.75, 3.05) is 0 Å². The van der Waals surface area contributed by atoms with Crippen LogP contribution in [-0.4, -0.2) is 22.1 Å². The Morgan fingerprint density at radius 2 is 1.88 bits per heavy atom. The van der Waals surface area contributed by atoms with Gasteiger partial charge in [-0.1, -0.05) is 19.9 Å². The SMILES string of the molecule is CCc1c([C@@H]2C[C@@](C)(C(F)(F)F)C[C@H]2c2cc(=O)c3c(C(N)=O)nccc3[nH]2)ccc(F)c1F. The van der Waals surface area contributed by atoms with E-state index in [0.717, 1.165) is 19.1 Å². The number of rotatable bonds is 4. The molecule has 0 unspecified atom stereocenters. The number of nitrogens with one attached hydrogen (secondary N) is 1. The van der Waals surface area contributed by atoms with E-state index in [0.29, 0.717) is 0 Å². The number of benzene rings is 1. The van der Waals surface area contributed by atoms with Crippen LogP contribution in [0.3, 0.4) is 0 Å². The van der Waals surface area contributed by atoms with Crippen LogP contribution in [0.2, 0.25) is 0 Å². The minimum atomic E-state index is -4.55. The monoisotopic (exact) mass is 479 g/mol. The van der Waals surface area contributed by atoms with Gasteiger partial charge in [-0.25, -0.2) is 8.78 Å². The van der Waals surface area contributed by atoms with Crippen LogP contribution in [0.4, 0.5) is 22.0 Å². The highest BCUT2D eigenvalue weighted by atomic mass is 19.4. The summed E-state index contributed by atoms with van der Waals surface area (Å²) in [4.78, 5) is 31.4. The molecule has 1 fully saturated rings. The van der Waals surface area contributed by atoms with Gasteiger partial charge in [0, 0.05) is 23.9 Å². The maximum atomic E-state index is 14.6. The number of amides is 1. The summed E-state index contributed by atoms with van der Waals surface area (Å²) in [5.74, 6) is -4.74. The van der Waals surface area contributed by atoms with Gasteiger partial charge in [0.2, 0.25) is 0 Å². The average molecular weight is 479 g/mol. The van der Waals surface area contributed by atoms with E-state index in [9.17, 15) is 31.5 Å². The lowest BCUT2D eigenvalue weighted by Gasteiger charge is -2.27. The van der Waals surface area contributed by atoms with Gasteiger partial charge in [0.15, 0.2) is 17.1 Å². The Bertz CT molecular complexity index is 1350. The van der Waals surface area contributed by atoms with Crippen LogP contribution in [0.15, 0.2) is 35.3 Å². The molecule has 10 heteroatoms. The Morgan fingerprint density at radius 1 is 1.21 bits per heavy atom. The molecule has 2 aromatic heterocycles. The van der Waals surface area contributed by atoms with Gasteiger partial charge >= 0.3 is 6.18 Å². The molecule has 3 atom stereocenters. The third kappa shape index (κ3) is 3.74. The lowest BCUT2D eigenvalue weighted by molar-refractivity contribution is -0.216. The largest absolute Gasteiger partial charge is 0.394 e. The van der Waals surface area contributed by atoms with Gasteiger partial charge < -0.3 is 10.7 Å². The lowest BCUT2D eigenvalue weighted by atomic mass is 9.82. The topological polar surface area (TPSA) is 88.8 Å². The minimum Gasteiger partial charge on any atom is -0.364 e. The van der Waals surface area contributed by atoms with Crippen molar-refractivity contribution in [3.05, 3.63) is 74.8 Å². The van der Waals surface area contributed by atoms with Gasteiger partial charge in [-0.2, -0.15) is 13.2 Å². The number of fused-ring (bicyclic) bond motifs is 1. The molecule has 4 rings (SSSR count). The fourth-order valence-electron chi connectivity index (χ4n) is 5.14. The number of halogens is 5. The Hall–Kier alpha value is -3.30. The van der Waals surface area contributed by atoms with Crippen LogP contribution in [0.25, 0.3) is 10.9 Å². The normalized spacial score (nSPS) is 22.9. The number of primary amides is 1. The zero-order valence-corrected chi connectivity index (χ0v) is 18.4. The van der Waals surface area contributed by atoms with E-state index < -0.39 is 46.4 Å². The summed E-state index contributed by atoms with van der Waals surface area (Å²) in [6.07, 6.45) is -3.92. The van der Waals surface area contributed by atoms with E-state index in [1.807, 2.05) is 0 Å². The molecule has 1 aromatic carbocycles. The molecule has 1 aliphatic carbocycles. The molecule has 1 amide bonds. The Labute approximate surface area is 191 Å². The molecule has 3 N–H and O–H groups in total. The summed E-state index contributed by atoms with van der Waals surface area (Å²) in [7, 11) is 0. The number of aromatic nitrogens is 2. The van der Waals surface area contributed by atoms with Crippen molar-refractivity contribution in [3.63, 3.8) is 0 Å². The molecule has 0 aliphatic heterocycles. The number of carbonyl (C=O) groups is 1. The number of pyridine rings is 2. The fraction of sp³-hybridized carbons (Fsp3) is 0.375. The minimum absolute atomic E-state index is 0.0183. The molecule has 0 bridgehead atoms. The second-order valence-electron chi connectivity index (χ2n) is 9.00. The first-order chi connectivity index (χ1) is 15.9. The highest BCUT2D eigenvalue weighted by Crippen LogP contribution is 2.60. The molecule has 0 saturated heterocycles. The van der Waals surface area contributed by atoms with Crippen molar-refractivity contribution in [1.29, 1.82) is 0 Å². The Balaban J connectivity index is 1.93. The van der Waals surface area contributed by atoms with Gasteiger partial charge in [-0.15, -0.1) is 0 Å². The number of H-pyrrole nitrogens is 1. The summed E-state index contributed by atoms with van der Waals surface area (Å²) < 4.78 is 70.6. The first-order valence-corrected chi connectivity index (χ1v) is 10.7. The highest BCUT2D eigenvalue weighted by molar-refractivity contribution is 6.03.